The molecule has 0 aliphatic carbocycles. The Morgan fingerprint density at radius 1 is 1.62 bits per heavy atom. The van der Waals surface area contributed by atoms with Gasteiger partial charge in [-0.3, -0.25) is 4.40 Å². The van der Waals surface area contributed by atoms with E-state index in [1.54, 1.807) is 16.7 Å². The largest absolute Gasteiger partial charge is 0.390 e. The zero-order chi connectivity index (χ0) is 11.7. The summed E-state index contributed by atoms with van der Waals surface area (Å²) in [5.41, 5.74) is 6.82. The predicted molar refractivity (Wildman–Crippen MR) is 59.1 cm³/mol. The SMILES string of the molecule is CCc1nc([N+](=O)[O-])c2c(CN)cccn12. The van der Waals surface area contributed by atoms with E-state index in [0.717, 1.165) is 5.56 Å². The molecule has 0 amide bonds. The van der Waals surface area contributed by atoms with E-state index in [1.165, 1.54) is 0 Å². The van der Waals surface area contributed by atoms with E-state index in [0.29, 0.717) is 17.8 Å². The fourth-order valence-electron chi connectivity index (χ4n) is 1.79. The number of nitrogens with zero attached hydrogens (tertiary/aromatic N) is 3. The summed E-state index contributed by atoms with van der Waals surface area (Å²) in [7, 11) is 0. The van der Waals surface area contributed by atoms with E-state index in [2.05, 4.69) is 4.98 Å². The molecule has 2 N–H and O–H groups in total. The molecule has 2 rings (SSSR count). The van der Waals surface area contributed by atoms with E-state index >= 15 is 0 Å². The molecule has 0 fully saturated rings. The molecule has 6 nitrogen and oxygen atoms in total. The van der Waals surface area contributed by atoms with Gasteiger partial charge in [0.2, 0.25) is 5.82 Å². The van der Waals surface area contributed by atoms with Crippen LogP contribution in [0.15, 0.2) is 18.3 Å². The molecule has 0 saturated heterocycles. The van der Waals surface area contributed by atoms with Gasteiger partial charge in [-0.1, -0.05) is 13.0 Å². The molecule has 6 heteroatoms. The van der Waals surface area contributed by atoms with Crippen molar-refractivity contribution in [2.75, 3.05) is 0 Å². The molecule has 0 radical (unpaired) electrons. The van der Waals surface area contributed by atoms with Crippen molar-refractivity contribution in [1.82, 2.24) is 9.38 Å². The highest BCUT2D eigenvalue weighted by Crippen LogP contribution is 2.24. The Morgan fingerprint density at radius 2 is 2.38 bits per heavy atom. The average Bonchev–Trinajstić information content (AvgIpc) is 2.67. The third-order valence-electron chi connectivity index (χ3n) is 2.51. The minimum absolute atomic E-state index is 0.113. The van der Waals surface area contributed by atoms with E-state index in [4.69, 9.17) is 5.73 Å². The lowest BCUT2D eigenvalue weighted by Crippen LogP contribution is -2.01. The summed E-state index contributed by atoms with van der Waals surface area (Å²) in [6.45, 7) is 2.17. The smallest absolute Gasteiger partial charge is 0.358 e. The van der Waals surface area contributed by atoms with Crippen LogP contribution >= 0.6 is 0 Å². The topological polar surface area (TPSA) is 86.5 Å². The van der Waals surface area contributed by atoms with Crippen LogP contribution in [0, 0.1) is 10.1 Å². The first-order chi connectivity index (χ1) is 7.69. The van der Waals surface area contributed by atoms with Gasteiger partial charge >= 0.3 is 5.82 Å². The van der Waals surface area contributed by atoms with Crippen LogP contribution in [0.5, 0.6) is 0 Å². The second-order valence-corrected chi connectivity index (χ2v) is 3.42. The van der Waals surface area contributed by atoms with Gasteiger partial charge in [0.25, 0.3) is 0 Å². The third-order valence-corrected chi connectivity index (χ3v) is 2.51. The highest BCUT2D eigenvalue weighted by atomic mass is 16.6. The predicted octanol–water partition coefficient (Wildman–Crippen LogP) is 1.26. The van der Waals surface area contributed by atoms with Gasteiger partial charge < -0.3 is 15.8 Å². The summed E-state index contributed by atoms with van der Waals surface area (Å²) in [4.78, 5) is 14.5. The summed E-state index contributed by atoms with van der Waals surface area (Å²) in [5.74, 6) is 0.565. The van der Waals surface area contributed by atoms with Gasteiger partial charge in [-0.15, -0.1) is 0 Å². The van der Waals surface area contributed by atoms with Crippen LogP contribution in [-0.2, 0) is 13.0 Å². The van der Waals surface area contributed by atoms with Crippen molar-refractivity contribution in [2.24, 2.45) is 5.73 Å². The number of imidazole rings is 1. The highest BCUT2D eigenvalue weighted by molar-refractivity contribution is 5.67. The second kappa shape index (κ2) is 3.90. The maximum Gasteiger partial charge on any atom is 0.390 e. The molecule has 0 spiro atoms. The van der Waals surface area contributed by atoms with Gasteiger partial charge in [0.05, 0.1) is 0 Å². The summed E-state index contributed by atoms with van der Waals surface area (Å²) >= 11 is 0. The normalized spacial score (nSPS) is 10.9. The Hall–Kier alpha value is -1.95. The number of hydrogen-bond acceptors (Lipinski definition) is 4. The van der Waals surface area contributed by atoms with Crippen molar-refractivity contribution in [2.45, 2.75) is 19.9 Å². The fraction of sp³-hybridized carbons (Fsp3) is 0.300. The lowest BCUT2D eigenvalue weighted by Gasteiger charge is -2.00. The average molecular weight is 220 g/mol. The lowest BCUT2D eigenvalue weighted by molar-refractivity contribution is -0.387. The Morgan fingerprint density at radius 3 is 2.94 bits per heavy atom. The van der Waals surface area contributed by atoms with Crippen molar-refractivity contribution in [3.8, 4) is 0 Å². The van der Waals surface area contributed by atoms with Gasteiger partial charge in [-0.05, 0) is 21.5 Å². The molecule has 0 bridgehead atoms. The summed E-state index contributed by atoms with van der Waals surface area (Å²) in [5, 5.41) is 10.9. The fourth-order valence-corrected chi connectivity index (χ4v) is 1.79. The standard InChI is InChI=1S/C10H12N4O2/c1-2-8-12-10(14(15)16)9-7(6-11)4-3-5-13(8)9/h3-5H,2,6,11H2,1H3. The quantitative estimate of drug-likeness (QED) is 0.623. The molecular formula is C10H12N4O2. The van der Waals surface area contributed by atoms with Gasteiger partial charge in [-0.2, -0.15) is 0 Å². The number of hydrogen-bond donors (Lipinski definition) is 1. The molecule has 0 aromatic carbocycles. The molecule has 2 aromatic heterocycles. The molecule has 0 atom stereocenters. The van der Waals surface area contributed by atoms with Crippen LogP contribution in [0.3, 0.4) is 0 Å². The number of aryl methyl sites for hydroxylation is 1. The second-order valence-electron chi connectivity index (χ2n) is 3.42. The van der Waals surface area contributed by atoms with E-state index in [1.807, 2.05) is 13.0 Å². The maximum absolute atomic E-state index is 10.9. The van der Waals surface area contributed by atoms with Crippen molar-refractivity contribution < 1.29 is 4.92 Å². The number of fused-ring (bicyclic) bond motifs is 1. The first-order valence-electron chi connectivity index (χ1n) is 5.02. The van der Waals surface area contributed by atoms with Crippen LogP contribution in [0.4, 0.5) is 5.82 Å². The Labute approximate surface area is 91.9 Å². The Balaban J connectivity index is 2.85. The Kier molecular flexibility index (Phi) is 2.57. The number of aromatic nitrogens is 2. The lowest BCUT2D eigenvalue weighted by atomic mass is 10.2. The number of pyridine rings is 1. The molecule has 16 heavy (non-hydrogen) atoms. The van der Waals surface area contributed by atoms with E-state index < -0.39 is 4.92 Å². The van der Waals surface area contributed by atoms with E-state index in [-0.39, 0.29) is 12.4 Å². The van der Waals surface area contributed by atoms with Crippen LogP contribution in [-0.4, -0.2) is 14.3 Å². The Bertz CT molecular complexity index is 547. The molecule has 0 saturated carbocycles. The molecule has 0 unspecified atom stereocenters. The van der Waals surface area contributed by atoms with Gasteiger partial charge in [0, 0.05) is 19.2 Å². The van der Waals surface area contributed by atoms with Crippen molar-refractivity contribution >= 4 is 11.3 Å². The molecular weight excluding hydrogens is 208 g/mol. The molecule has 2 aromatic rings. The van der Waals surface area contributed by atoms with E-state index in [9.17, 15) is 10.1 Å². The zero-order valence-electron chi connectivity index (χ0n) is 8.88. The minimum Gasteiger partial charge on any atom is -0.358 e. The molecule has 2 heterocycles. The van der Waals surface area contributed by atoms with Gasteiger partial charge in [-0.25, -0.2) is 0 Å². The molecule has 84 valence electrons. The number of rotatable bonds is 3. The minimum atomic E-state index is -0.465. The van der Waals surface area contributed by atoms with Crippen molar-refractivity contribution in [3.05, 3.63) is 39.8 Å². The first-order valence-corrected chi connectivity index (χ1v) is 5.02. The van der Waals surface area contributed by atoms with Gasteiger partial charge in [0.1, 0.15) is 0 Å². The monoisotopic (exact) mass is 220 g/mol. The summed E-state index contributed by atoms with van der Waals surface area (Å²) in [6, 6.07) is 3.60. The third kappa shape index (κ3) is 1.43. The number of nitrogens with two attached hydrogens (primary N) is 1. The van der Waals surface area contributed by atoms with Crippen LogP contribution in [0.1, 0.15) is 18.3 Å². The van der Waals surface area contributed by atoms with Gasteiger partial charge in [0.15, 0.2) is 5.52 Å². The zero-order valence-corrected chi connectivity index (χ0v) is 8.88. The van der Waals surface area contributed by atoms with Crippen LogP contribution in [0.2, 0.25) is 0 Å². The maximum atomic E-state index is 10.9. The molecule has 0 aliphatic rings. The molecule has 0 aliphatic heterocycles. The summed E-state index contributed by atoms with van der Waals surface area (Å²) < 4.78 is 1.74. The highest BCUT2D eigenvalue weighted by Gasteiger charge is 2.22. The summed E-state index contributed by atoms with van der Waals surface area (Å²) in [6.07, 6.45) is 2.41. The number of nitro groups is 1. The first kappa shape index (κ1) is 10.6. The van der Waals surface area contributed by atoms with Crippen molar-refractivity contribution in [1.29, 1.82) is 0 Å². The van der Waals surface area contributed by atoms with Crippen LogP contribution < -0.4 is 5.73 Å². The van der Waals surface area contributed by atoms with Crippen LogP contribution in [0.25, 0.3) is 5.52 Å². The van der Waals surface area contributed by atoms with Crippen molar-refractivity contribution in [3.63, 3.8) is 0 Å².